The topological polar surface area (TPSA) is 22.1 Å². The van der Waals surface area contributed by atoms with E-state index < -0.39 is 0 Å². The average Bonchev–Trinajstić information content (AvgIpc) is 2.50. The van der Waals surface area contributed by atoms with Crippen LogP contribution in [0.2, 0.25) is 0 Å². The van der Waals surface area contributed by atoms with Crippen molar-refractivity contribution in [3.8, 4) is 0 Å². The first-order chi connectivity index (χ1) is 10.3. The quantitative estimate of drug-likeness (QED) is 0.707. The Hall–Kier alpha value is -2.26. The molecule has 1 heterocycles. The highest BCUT2D eigenvalue weighted by atomic mass is 19.1. The number of ether oxygens (including phenoxy) is 1. The molecule has 0 aliphatic heterocycles. The van der Waals surface area contributed by atoms with E-state index in [1.807, 2.05) is 24.3 Å². The fourth-order valence-corrected chi connectivity index (χ4v) is 2.37. The summed E-state index contributed by atoms with van der Waals surface area (Å²) in [7, 11) is 0. The van der Waals surface area contributed by atoms with E-state index in [0.717, 1.165) is 10.9 Å². The first-order valence-corrected chi connectivity index (χ1v) is 6.90. The second kappa shape index (κ2) is 6.02. The lowest BCUT2D eigenvalue weighted by molar-refractivity contribution is 0.107. The van der Waals surface area contributed by atoms with Gasteiger partial charge in [0.2, 0.25) is 0 Å². The Bertz CT molecular complexity index is 770. The Labute approximate surface area is 123 Å². The summed E-state index contributed by atoms with van der Waals surface area (Å²) in [4.78, 5) is 4.09. The molecule has 2 aromatic carbocycles. The zero-order valence-electron chi connectivity index (χ0n) is 11.8. The van der Waals surface area contributed by atoms with Gasteiger partial charge in [0.25, 0.3) is 0 Å². The van der Waals surface area contributed by atoms with Gasteiger partial charge in [-0.15, -0.1) is 0 Å². The molecular formula is C18H16FNO. The predicted octanol–water partition coefficient (Wildman–Crippen LogP) is 4.40. The van der Waals surface area contributed by atoms with Gasteiger partial charge in [0.05, 0.1) is 13.2 Å². The number of halogens is 1. The van der Waals surface area contributed by atoms with Crippen molar-refractivity contribution in [2.24, 2.45) is 0 Å². The summed E-state index contributed by atoms with van der Waals surface area (Å²) in [6.07, 6.45) is 1.62. The van der Waals surface area contributed by atoms with Crippen LogP contribution in [-0.2, 0) is 18.0 Å². The van der Waals surface area contributed by atoms with E-state index in [1.54, 1.807) is 12.3 Å². The van der Waals surface area contributed by atoms with Crippen LogP contribution in [0.5, 0.6) is 0 Å². The zero-order valence-corrected chi connectivity index (χ0v) is 11.8. The van der Waals surface area contributed by atoms with E-state index in [2.05, 4.69) is 24.0 Å². The van der Waals surface area contributed by atoms with E-state index in [1.165, 1.54) is 17.2 Å². The van der Waals surface area contributed by atoms with Crippen LogP contribution >= 0.6 is 0 Å². The number of hydrogen-bond acceptors (Lipinski definition) is 2. The minimum absolute atomic E-state index is 0.298. The van der Waals surface area contributed by atoms with Gasteiger partial charge < -0.3 is 4.74 Å². The molecule has 0 saturated heterocycles. The molecule has 0 saturated carbocycles. The molecule has 2 nitrogen and oxygen atoms in total. The predicted molar refractivity (Wildman–Crippen MR) is 81.4 cm³/mol. The van der Waals surface area contributed by atoms with Gasteiger partial charge in [0.1, 0.15) is 11.3 Å². The maximum Gasteiger partial charge on any atom is 0.149 e. The van der Waals surface area contributed by atoms with Crippen LogP contribution in [0.15, 0.2) is 54.7 Å². The summed E-state index contributed by atoms with van der Waals surface area (Å²) in [6, 6.07) is 15.0. The molecule has 1 aromatic heterocycles. The third-order valence-corrected chi connectivity index (χ3v) is 3.59. The average molecular weight is 281 g/mol. The lowest BCUT2D eigenvalue weighted by atomic mass is 10.1. The van der Waals surface area contributed by atoms with Crippen molar-refractivity contribution < 1.29 is 9.13 Å². The van der Waals surface area contributed by atoms with E-state index in [9.17, 15) is 4.39 Å². The number of nitrogens with zero attached hydrogens (tertiary/aromatic N) is 1. The number of benzene rings is 2. The first-order valence-electron chi connectivity index (χ1n) is 6.90. The monoisotopic (exact) mass is 281 g/mol. The van der Waals surface area contributed by atoms with Crippen molar-refractivity contribution >= 4 is 10.9 Å². The van der Waals surface area contributed by atoms with Crippen LogP contribution in [0.25, 0.3) is 10.9 Å². The van der Waals surface area contributed by atoms with Crippen molar-refractivity contribution in [3.63, 3.8) is 0 Å². The minimum Gasteiger partial charge on any atom is -0.372 e. The smallest absolute Gasteiger partial charge is 0.149 e. The third-order valence-electron chi connectivity index (χ3n) is 3.59. The molecule has 0 unspecified atom stereocenters. The fraction of sp³-hybridized carbons (Fsp3) is 0.167. The molecule has 0 aliphatic carbocycles. The first kappa shape index (κ1) is 13.7. The standard InChI is InChI=1S/C18H16FNO/c1-13-5-2-3-6-14(13)11-21-12-15-9-10-20-18-16(15)7-4-8-17(18)19/h2-10H,11-12H2,1H3. The van der Waals surface area contributed by atoms with Crippen molar-refractivity contribution in [3.05, 3.63) is 77.2 Å². The SMILES string of the molecule is Cc1ccccc1COCc1ccnc2c(F)cccc12. The molecule has 0 radical (unpaired) electrons. The number of para-hydroxylation sites is 1. The molecule has 0 aliphatic rings. The van der Waals surface area contributed by atoms with Gasteiger partial charge in [-0.05, 0) is 35.7 Å². The molecule has 0 bridgehead atoms. The van der Waals surface area contributed by atoms with Gasteiger partial charge in [-0.3, -0.25) is 4.98 Å². The van der Waals surface area contributed by atoms with E-state index in [4.69, 9.17) is 4.74 Å². The fourth-order valence-electron chi connectivity index (χ4n) is 2.37. The number of fused-ring (bicyclic) bond motifs is 1. The van der Waals surface area contributed by atoms with Crippen LogP contribution < -0.4 is 0 Å². The maximum atomic E-state index is 13.7. The number of aryl methyl sites for hydroxylation is 1. The van der Waals surface area contributed by atoms with Crippen LogP contribution in [0.4, 0.5) is 4.39 Å². The van der Waals surface area contributed by atoms with Crippen LogP contribution in [0.1, 0.15) is 16.7 Å². The van der Waals surface area contributed by atoms with Gasteiger partial charge in [0.15, 0.2) is 0 Å². The molecule has 21 heavy (non-hydrogen) atoms. The minimum atomic E-state index is -0.298. The summed E-state index contributed by atoms with van der Waals surface area (Å²) in [5.41, 5.74) is 3.73. The van der Waals surface area contributed by atoms with Crippen LogP contribution in [-0.4, -0.2) is 4.98 Å². The Morgan fingerprint density at radius 3 is 2.62 bits per heavy atom. The van der Waals surface area contributed by atoms with E-state index in [0.29, 0.717) is 18.7 Å². The summed E-state index contributed by atoms with van der Waals surface area (Å²) in [5, 5.41) is 0.808. The molecule has 0 N–H and O–H groups in total. The van der Waals surface area contributed by atoms with Crippen LogP contribution in [0, 0.1) is 12.7 Å². The normalized spacial score (nSPS) is 11.0. The number of rotatable bonds is 4. The lowest BCUT2D eigenvalue weighted by Gasteiger charge is -2.09. The van der Waals surface area contributed by atoms with E-state index >= 15 is 0 Å². The Morgan fingerprint density at radius 2 is 1.76 bits per heavy atom. The third kappa shape index (κ3) is 2.93. The van der Waals surface area contributed by atoms with Gasteiger partial charge in [-0.25, -0.2) is 4.39 Å². The second-order valence-electron chi connectivity index (χ2n) is 5.03. The summed E-state index contributed by atoms with van der Waals surface area (Å²) >= 11 is 0. The highest BCUT2D eigenvalue weighted by Crippen LogP contribution is 2.20. The Balaban J connectivity index is 1.77. The van der Waals surface area contributed by atoms with E-state index in [-0.39, 0.29) is 5.82 Å². The molecule has 3 aromatic rings. The summed E-state index contributed by atoms with van der Waals surface area (Å²) in [6.45, 7) is 3.05. The molecule has 0 atom stereocenters. The lowest BCUT2D eigenvalue weighted by Crippen LogP contribution is -1.98. The summed E-state index contributed by atoms with van der Waals surface area (Å²) < 4.78 is 19.5. The molecule has 3 rings (SSSR count). The second-order valence-corrected chi connectivity index (χ2v) is 5.03. The van der Waals surface area contributed by atoms with Crippen molar-refractivity contribution in [1.29, 1.82) is 0 Å². The van der Waals surface area contributed by atoms with Gasteiger partial charge in [-0.2, -0.15) is 0 Å². The van der Waals surface area contributed by atoms with Gasteiger partial charge in [0, 0.05) is 11.6 Å². The number of aromatic nitrogens is 1. The zero-order chi connectivity index (χ0) is 14.7. The van der Waals surface area contributed by atoms with Crippen molar-refractivity contribution in [2.45, 2.75) is 20.1 Å². The van der Waals surface area contributed by atoms with Crippen molar-refractivity contribution in [2.75, 3.05) is 0 Å². The Kier molecular flexibility index (Phi) is 3.93. The largest absolute Gasteiger partial charge is 0.372 e. The number of pyridine rings is 1. The highest BCUT2D eigenvalue weighted by Gasteiger charge is 2.06. The molecule has 0 fully saturated rings. The van der Waals surface area contributed by atoms with Gasteiger partial charge >= 0.3 is 0 Å². The van der Waals surface area contributed by atoms with Crippen molar-refractivity contribution in [1.82, 2.24) is 4.98 Å². The molecule has 0 amide bonds. The summed E-state index contributed by atoms with van der Waals surface area (Å²) in [5.74, 6) is -0.298. The molecule has 106 valence electrons. The maximum absolute atomic E-state index is 13.7. The molecular weight excluding hydrogens is 265 g/mol. The van der Waals surface area contributed by atoms with Crippen LogP contribution in [0.3, 0.4) is 0 Å². The Morgan fingerprint density at radius 1 is 0.952 bits per heavy atom. The molecule has 0 spiro atoms. The molecule has 3 heteroatoms. The highest BCUT2D eigenvalue weighted by molar-refractivity contribution is 5.82. The van der Waals surface area contributed by atoms with Gasteiger partial charge in [-0.1, -0.05) is 36.4 Å². The number of hydrogen-bond donors (Lipinski definition) is 0.